The van der Waals surface area contributed by atoms with Crippen molar-refractivity contribution in [3.63, 3.8) is 0 Å². The van der Waals surface area contributed by atoms with Crippen LogP contribution in [-0.2, 0) is 0 Å². The fraction of sp³-hybridized carbons (Fsp3) is 0.0769. The van der Waals surface area contributed by atoms with Gasteiger partial charge >= 0.3 is 0 Å². The first-order valence-electron chi connectivity index (χ1n) is 4.89. The molecule has 3 heteroatoms. The number of nitrogen functional groups attached to an aromatic ring is 1. The second-order valence-corrected chi connectivity index (χ2v) is 3.73. The van der Waals surface area contributed by atoms with E-state index >= 15 is 0 Å². The molecule has 16 heavy (non-hydrogen) atoms. The van der Waals surface area contributed by atoms with Crippen molar-refractivity contribution in [1.29, 1.82) is 0 Å². The second kappa shape index (κ2) is 3.93. The van der Waals surface area contributed by atoms with Crippen LogP contribution >= 0.6 is 0 Å². The Kier molecular flexibility index (Phi) is 2.60. The summed E-state index contributed by atoms with van der Waals surface area (Å²) in [5.41, 5.74) is 6.89. The molecule has 0 saturated carbocycles. The molecule has 0 bridgehead atoms. The van der Waals surface area contributed by atoms with Gasteiger partial charge in [-0.05, 0) is 24.6 Å². The summed E-state index contributed by atoms with van der Waals surface area (Å²) in [6, 6.07) is 9.29. The minimum Gasteiger partial charge on any atom is -0.399 e. The van der Waals surface area contributed by atoms with Gasteiger partial charge in [-0.25, -0.2) is 8.78 Å². The number of hydrogen-bond acceptors (Lipinski definition) is 1. The lowest BCUT2D eigenvalue weighted by atomic mass is 10.0. The second-order valence-electron chi connectivity index (χ2n) is 3.73. The van der Waals surface area contributed by atoms with Crippen LogP contribution in [-0.4, -0.2) is 0 Å². The third-order valence-electron chi connectivity index (χ3n) is 2.37. The smallest absolute Gasteiger partial charge is 0.136 e. The fourth-order valence-corrected chi connectivity index (χ4v) is 1.67. The van der Waals surface area contributed by atoms with E-state index in [1.165, 1.54) is 0 Å². The zero-order valence-electron chi connectivity index (χ0n) is 8.80. The number of nitrogens with two attached hydrogens (primary N) is 1. The predicted molar refractivity (Wildman–Crippen MR) is 60.9 cm³/mol. The summed E-state index contributed by atoms with van der Waals surface area (Å²) < 4.78 is 27.2. The summed E-state index contributed by atoms with van der Waals surface area (Å²) in [6.45, 7) is 1.87. The zero-order chi connectivity index (χ0) is 11.7. The molecule has 2 aromatic carbocycles. The van der Waals surface area contributed by atoms with Crippen LogP contribution in [0.25, 0.3) is 11.1 Å². The van der Waals surface area contributed by atoms with Crippen LogP contribution in [0.2, 0.25) is 0 Å². The van der Waals surface area contributed by atoms with Crippen LogP contribution in [0.15, 0.2) is 36.4 Å². The highest BCUT2D eigenvalue weighted by molar-refractivity contribution is 5.67. The van der Waals surface area contributed by atoms with Gasteiger partial charge in [0.15, 0.2) is 0 Å². The first-order valence-corrected chi connectivity index (χ1v) is 4.89. The quantitative estimate of drug-likeness (QED) is 0.729. The highest BCUT2D eigenvalue weighted by Gasteiger charge is 2.12. The van der Waals surface area contributed by atoms with Crippen molar-refractivity contribution in [3.05, 3.63) is 53.6 Å². The third-order valence-corrected chi connectivity index (χ3v) is 2.37. The first kappa shape index (κ1) is 10.6. The molecule has 2 N–H and O–H groups in total. The van der Waals surface area contributed by atoms with Gasteiger partial charge in [0, 0.05) is 5.69 Å². The number of anilines is 1. The Balaban J connectivity index is 2.64. The molecular formula is C13H11F2N. The van der Waals surface area contributed by atoms with Gasteiger partial charge in [-0.1, -0.05) is 29.8 Å². The van der Waals surface area contributed by atoms with Gasteiger partial charge in [-0.3, -0.25) is 0 Å². The molecule has 0 saturated heterocycles. The average Bonchev–Trinajstić information content (AvgIpc) is 2.15. The lowest BCUT2D eigenvalue weighted by molar-refractivity contribution is 0.591. The summed E-state index contributed by atoms with van der Waals surface area (Å²) in [5, 5.41) is 0. The highest BCUT2D eigenvalue weighted by Crippen LogP contribution is 2.28. The molecule has 0 heterocycles. The summed E-state index contributed by atoms with van der Waals surface area (Å²) in [5.74, 6) is -1.27. The van der Waals surface area contributed by atoms with Crippen LogP contribution in [0.5, 0.6) is 0 Å². The minimum absolute atomic E-state index is 0.0297. The van der Waals surface area contributed by atoms with Gasteiger partial charge in [0.2, 0.25) is 0 Å². The topological polar surface area (TPSA) is 26.0 Å². The Hall–Kier alpha value is -1.90. The molecule has 0 aliphatic carbocycles. The predicted octanol–water partition coefficient (Wildman–Crippen LogP) is 3.52. The van der Waals surface area contributed by atoms with Crippen LogP contribution < -0.4 is 5.73 Å². The van der Waals surface area contributed by atoms with Gasteiger partial charge in [0.25, 0.3) is 0 Å². The molecule has 0 aliphatic heterocycles. The molecule has 0 aromatic heterocycles. The Morgan fingerprint density at radius 3 is 2.19 bits per heavy atom. The van der Waals surface area contributed by atoms with Gasteiger partial charge in [-0.2, -0.15) is 0 Å². The van der Waals surface area contributed by atoms with E-state index in [1.807, 2.05) is 13.0 Å². The van der Waals surface area contributed by atoms with E-state index in [9.17, 15) is 8.78 Å². The van der Waals surface area contributed by atoms with E-state index in [0.29, 0.717) is 5.56 Å². The molecule has 2 rings (SSSR count). The Labute approximate surface area is 92.5 Å². The fourth-order valence-electron chi connectivity index (χ4n) is 1.67. The van der Waals surface area contributed by atoms with Crippen LogP contribution in [0.3, 0.4) is 0 Å². The third kappa shape index (κ3) is 1.89. The van der Waals surface area contributed by atoms with Gasteiger partial charge < -0.3 is 5.73 Å². The van der Waals surface area contributed by atoms with Crippen molar-refractivity contribution in [2.75, 3.05) is 5.73 Å². The van der Waals surface area contributed by atoms with Crippen LogP contribution in [0.4, 0.5) is 14.5 Å². The molecule has 0 unspecified atom stereocenters. The highest BCUT2D eigenvalue weighted by atomic mass is 19.1. The normalized spacial score (nSPS) is 10.4. The maximum Gasteiger partial charge on any atom is 0.136 e. The molecule has 0 radical (unpaired) electrons. The molecule has 2 aromatic rings. The van der Waals surface area contributed by atoms with Crippen molar-refractivity contribution in [1.82, 2.24) is 0 Å². The van der Waals surface area contributed by atoms with Crippen molar-refractivity contribution in [2.24, 2.45) is 0 Å². The summed E-state index contributed by atoms with van der Waals surface area (Å²) in [4.78, 5) is 0. The summed E-state index contributed by atoms with van der Waals surface area (Å²) in [6.07, 6.45) is 0. The largest absolute Gasteiger partial charge is 0.399 e. The lowest BCUT2D eigenvalue weighted by Gasteiger charge is -2.07. The molecule has 0 atom stereocenters. The monoisotopic (exact) mass is 219 g/mol. The number of benzene rings is 2. The van der Waals surface area contributed by atoms with Crippen molar-refractivity contribution in [2.45, 2.75) is 6.92 Å². The summed E-state index contributed by atoms with van der Waals surface area (Å²) in [7, 11) is 0. The molecule has 0 spiro atoms. The van der Waals surface area contributed by atoms with E-state index in [2.05, 4.69) is 0 Å². The summed E-state index contributed by atoms with van der Waals surface area (Å²) >= 11 is 0. The van der Waals surface area contributed by atoms with E-state index in [1.54, 1.807) is 18.2 Å². The molecule has 0 amide bonds. The SMILES string of the molecule is Cc1cccc(-c2c(F)cc(N)cc2F)c1. The maximum absolute atomic E-state index is 13.6. The van der Waals surface area contributed by atoms with E-state index < -0.39 is 11.6 Å². The standard InChI is InChI=1S/C13H11F2N/c1-8-3-2-4-9(5-8)13-11(14)6-10(16)7-12(13)15/h2-7H,16H2,1H3. The molecule has 0 fully saturated rings. The van der Waals surface area contributed by atoms with Gasteiger partial charge in [-0.15, -0.1) is 0 Å². The lowest BCUT2D eigenvalue weighted by Crippen LogP contribution is -1.94. The number of hydrogen-bond donors (Lipinski definition) is 1. The number of rotatable bonds is 1. The Morgan fingerprint density at radius 2 is 1.62 bits per heavy atom. The molecule has 82 valence electrons. The molecule has 0 aliphatic rings. The number of aryl methyl sites for hydroxylation is 1. The Morgan fingerprint density at radius 1 is 1.00 bits per heavy atom. The van der Waals surface area contributed by atoms with Crippen molar-refractivity contribution in [3.8, 4) is 11.1 Å². The first-order chi connectivity index (χ1) is 7.58. The van der Waals surface area contributed by atoms with E-state index in [4.69, 9.17) is 5.73 Å². The van der Waals surface area contributed by atoms with Gasteiger partial charge in [0.1, 0.15) is 11.6 Å². The van der Waals surface area contributed by atoms with Crippen LogP contribution in [0.1, 0.15) is 5.56 Å². The zero-order valence-corrected chi connectivity index (χ0v) is 8.80. The Bertz CT molecular complexity index is 512. The average molecular weight is 219 g/mol. The maximum atomic E-state index is 13.6. The van der Waals surface area contributed by atoms with Crippen molar-refractivity contribution >= 4 is 5.69 Å². The van der Waals surface area contributed by atoms with E-state index in [-0.39, 0.29) is 11.3 Å². The van der Waals surface area contributed by atoms with Crippen LogP contribution in [0, 0.1) is 18.6 Å². The van der Waals surface area contributed by atoms with Crippen molar-refractivity contribution < 1.29 is 8.78 Å². The van der Waals surface area contributed by atoms with E-state index in [0.717, 1.165) is 17.7 Å². The molecule has 1 nitrogen and oxygen atoms in total. The van der Waals surface area contributed by atoms with Gasteiger partial charge in [0.05, 0.1) is 5.56 Å². The minimum atomic E-state index is -0.636. The number of halogens is 2. The molecular weight excluding hydrogens is 208 g/mol.